The Labute approximate surface area is 213 Å². The Morgan fingerprint density at radius 2 is 1.89 bits per heavy atom. The first-order chi connectivity index (χ1) is 17.5. The van der Waals surface area contributed by atoms with Gasteiger partial charge in [0.25, 0.3) is 0 Å². The van der Waals surface area contributed by atoms with Crippen LogP contribution in [0, 0.1) is 6.92 Å². The zero-order chi connectivity index (χ0) is 25.3. The number of aryl methyl sites for hydroxylation is 2. The summed E-state index contributed by atoms with van der Waals surface area (Å²) in [5.74, 6) is 1.06. The number of nitrogens with one attached hydrogen (secondary N) is 1. The van der Waals surface area contributed by atoms with Crippen LogP contribution >= 0.6 is 11.3 Å². The summed E-state index contributed by atoms with van der Waals surface area (Å²) < 4.78 is 11.8. The van der Waals surface area contributed by atoms with E-state index in [0.29, 0.717) is 44.1 Å². The molecular weight excluding hydrogens is 476 g/mol. The van der Waals surface area contributed by atoms with Gasteiger partial charge in [-0.1, -0.05) is 30.3 Å². The second-order valence-electron chi connectivity index (χ2n) is 8.34. The number of hydrogen-bond donors (Lipinski definition) is 2. The Morgan fingerprint density at radius 1 is 1.06 bits per heavy atom. The van der Waals surface area contributed by atoms with Gasteiger partial charge in [-0.05, 0) is 60.2 Å². The maximum atomic E-state index is 12.4. The van der Waals surface area contributed by atoms with Crippen molar-refractivity contribution in [2.45, 2.75) is 39.2 Å². The van der Waals surface area contributed by atoms with Gasteiger partial charge in [0.15, 0.2) is 0 Å². The van der Waals surface area contributed by atoms with Crippen LogP contribution in [0.25, 0.3) is 11.5 Å². The van der Waals surface area contributed by atoms with E-state index in [2.05, 4.69) is 10.3 Å². The molecule has 0 aliphatic heterocycles. The fourth-order valence-electron chi connectivity index (χ4n) is 3.80. The summed E-state index contributed by atoms with van der Waals surface area (Å²) in [6, 6.07) is 19.2. The normalized spacial score (nSPS) is 10.8. The SMILES string of the molecule is Cc1oc(-c2ccccc2)nc1CCOc1ccc(CCC(=O)O)c(CNC(=O)Cc2cccs2)c1. The van der Waals surface area contributed by atoms with Crippen molar-refractivity contribution in [3.05, 3.63) is 93.5 Å². The van der Waals surface area contributed by atoms with Gasteiger partial charge in [0.1, 0.15) is 11.5 Å². The zero-order valence-electron chi connectivity index (χ0n) is 20.0. The van der Waals surface area contributed by atoms with E-state index in [1.165, 1.54) is 0 Å². The van der Waals surface area contributed by atoms with Gasteiger partial charge in [-0.15, -0.1) is 11.3 Å². The third-order valence-electron chi connectivity index (χ3n) is 5.70. The summed E-state index contributed by atoms with van der Waals surface area (Å²) in [6.07, 6.45) is 1.30. The summed E-state index contributed by atoms with van der Waals surface area (Å²) in [6.45, 7) is 2.60. The molecule has 186 valence electrons. The summed E-state index contributed by atoms with van der Waals surface area (Å²) in [4.78, 5) is 29.1. The van der Waals surface area contributed by atoms with Crippen molar-refractivity contribution in [3.8, 4) is 17.2 Å². The highest BCUT2D eigenvalue weighted by Gasteiger charge is 2.13. The maximum Gasteiger partial charge on any atom is 0.303 e. The van der Waals surface area contributed by atoms with Crippen molar-refractivity contribution in [3.63, 3.8) is 0 Å². The van der Waals surface area contributed by atoms with Crippen LogP contribution in [0.5, 0.6) is 5.75 Å². The first-order valence-electron chi connectivity index (χ1n) is 11.7. The molecule has 0 bridgehead atoms. The number of nitrogens with zero attached hydrogens (tertiary/aromatic N) is 1. The van der Waals surface area contributed by atoms with Crippen molar-refractivity contribution < 1.29 is 23.8 Å². The van der Waals surface area contributed by atoms with Gasteiger partial charge < -0.3 is 19.6 Å². The van der Waals surface area contributed by atoms with Crippen LogP contribution in [-0.2, 0) is 35.4 Å². The number of carboxylic acids is 1. The van der Waals surface area contributed by atoms with Gasteiger partial charge in [0.2, 0.25) is 11.8 Å². The lowest BCUT2D eigenvalue weighted by atomic mass is 10.0. The molecular formula is C28H28N2O5S. The largest absolute Gasteiger partial charge is 0.493 e. The van der Waals surface area contributed by atoms with Crippen molar-refractivity contribution >= 4 is 23.2 Å². The second kappa shape index (κ2) is 12.2. The number of aromatic nitrogens is 1. The number of hydrogen-bond acceptors (Lipinski definition) is 6. The average Bonchev–Trinajstić information content (AvgIpc) is 3.52. The standard InChI is InChI=1S/C28H28N2O5S/c1-19-25(30-28(35-19)21-6-3-2-4-7-21)13-14-34-23-11-9-20(10-12-27(32)33)22(16-23)18-29-26(31)17-24-8-5-15-36-24/h2-9,11,15-16H,10,12-14,17-18H2,1H3,(H,29,31)(H,32,33). The number of thiophene rings is 1. The minimum Gasteiger partial charge on any atom is -0.493 e. The highest BCUT2D eigenvalue weighted by atomic mass is 32.1. The van der Waals surface area contributed by atoms with Crippen LogP contribution in [0.1, 0.15) is 33.9 Å². The fraction of sp³-hybridized carbons (Fsp3) is 0.250. The van der Waals surface area contributed by atoms with E-state index in [-0.39, 0.29) is 12.3 Å². The molecule has 0 atom stereocenters. The van der Waals surface area contributed by atoms with Gasteiger partial charge in [0, 0.05) is 29.8 Å². The van der Waals surface area contributed by atoms with E-state index in [1.807, 2.05) is 73.0 Å². The van der Waals surface area contributed by atoms with Gasteiger partial charge in [-0.25, -0.2) is 4.98 Å². The molecule has 2 heterocycles. The molecule has 0 spiro atoms. The lowest BCUT2D eigenvalue weighted by Crippen LogP contribution is -2.25. The molecule has 0 aliphatic rings. The molecule has 0 unspecified atom stereocenters. The summed E-state index contributed by atoms with van der Waals surface area (Å²) in [5, 5.41) is 14.0. The Kier molecular flexibility index (Phi) is 8.52. The molecule has 2 N–H and O–H groups in total. The Morgan fingerprint density at radius 3 is 2.64 bits per heavy atom. The predicted octanol–water partition coefficient (Wildman–Crippen LogP) is 5.21. The first-order valence-corrected chi connectivity index (χ1v) is 12.6. The molecule has 0 radical (unpaired) electrons. The molecule has 0 aliphatic carbocycles. The molecule has 0 saturated heterocycles. The highest BCUT2D eigenvalue weighted by molar-refractivity contribution is 7.10. The van der Waals surface area contributed by atoms with E-state index >= 15 is 0 Å². The molecule has 0 fully saturated rings. The van der Waals surface area contributed by atoms with Crippen molar-refractivity contribution in [2.24, 2.45) is 0 Å². The van der Waals surface area contributed by atoms with Crippen LogP contribution in [-0.4, -0.2) is 28.6 Å². The Balaban J connectivity index is 1.38. The molecule has 2 aromatic carbocycles. The lowest BCUT2D eigenvalue weighted by molar-refractivity contribution is -0.137. The van der Waals surface area contributed by atoms with E-state index in [1.54, 1.807) is 11.3 Å². The lowest BCUT2D eigenvalue weighted by Gasteiger charge is -2.13. The quantitative estimate of drug-likeness (QED) is 0.275. The maximum absolute atomic E-state index is 12.4. The third-order valence-corrected chi connectivity index (χ3v) is 6.57. The molecule has 4 aromatic rings. The topological polar surface area (TPSA) is 102 Å². The molecule has 7 nitrogen and oxygen atoms in total. The summed E-state index contributed by atoms with van der Waals surface area (Å²) in [5.41, 5.74) is 3.49. The number of carboxylic acid groups (broad SMARTS) is 1. The van der Waals surface area contributed by atoms with Crippen LogP contribution < -0.4 is 10.1 Å². The number of oxazole rings is 1. The molecule has 8 heteroatoms. The van der Waals surface area contributed by atoms with Crippen LogP contribution in [0.15, 0.2) is 70.5 Å². The number of amides is 1. The molecule has 4 rings (SSSR count). The Hall–Kier alpha value is -3.91. The van der Waals surface area contributed by atoms with Crippen molar-refractivity contribution in [1.82, 2.24) is 10.3 Å². The second-order valence-corrected chi connectivity index (χ2v) is 9.38. The van der Waals surface area contributed by atoms with E-state index in [0.717, 1.165) is 33.0 Å². The van der Waals surface area contributed by atoms with Gasteiger partial charge >= 0.3 is 5.97 Å². The van der Waals surface area contributed by atoms with E-state index in [4.69, 9.17) is 14.3 Å². The zero-order valence-corrected chi connectivity index (χ0v) is 20.8. The molecule has 0 saturated carbocycles. The summed E-state index contributed by atoms with van der Waals surface area (Å²) in [7, 11) is 0. The highest BCUT2D eigenvalue weighted by Crippen LogP contribution is 2.23. The van der Waals surface area contributed by atoms with Gasteiger partial charge in [0.05, 0.1) is 18.7 Å². The van der Waals surface area contributed by atoms with Crippen LogP contribution in [0.3, 0.4) is 0 Å². The number of carbonyl (C=O) groups is 2. The minimum atomic E-state index is -0.860. The first kappa shape index (κ1) is 25.2. The number of rotatable bonds is 12. The van der Waals surface area contributed by atoms with Gasteiger partial charge in [-0.3, -0.25) is 9.59 Å². The van der Waals surface area contributed by atoms with Crippen molar-refractivity contribution in [2.75, 3.05) is 6.61 Å². The number of ether oxygens (including phenoxy) is 1. The molecule has 2 aromatic heterocycles. The third kappa shape index (κ3) is 7.05. The van der Waals surface area contributed by atoms with E-state index in [9.17, 15) is 9.59 Å². The van der Waals surface area contributed by atoms with Crippen molar-refractivity contribution in [1.29, 1.82) is 0 Å². The van der Waals surface area contributed by atoms with E-state index < -0.39 is 5.97 Å². The predicted molar refractivity (Wildman–Crippen MR) is 138 cm³/mol. The summed E-state index contributed by atoms with van der Waals surface area (Å²) >= 11 is 1.54. The number of aliphatic carboxylic acids is 1. The molecule has 1 amide bonds. The molecule has 36 heavy (non-hydrogen) atoms. The fourth-order valence-corrected chi connectivity index (χ4v) is 4.50. The minimum absolute atomic E-state index is 0.0194. The smallest absolute Gasteiger partial charge is 0.303 e. The number of benzene rings is 2. The Bertz CT molecular complexity index is 1300. The van der Waals surface area contributed by atoms with Gasteiger partial charge in [-0.2, -0.15) is 0 Å². The average molecular weight is 505 g/mol. The monoisotopic (exact) mass is 504 g/mol. The van der Waals surface area contributed by atoms with Crippen LogP contribution in [0.4, 0.5) is 0 Å². The number of carbonyl (C=O) groups excluding carboxylic acids is 1. The van der Waals surface area contributed by atoms with Crippen LogP contribution in [0.2, 0.25) is 0 Å².